The number of unbranched alkanes of at least 4 members (excludes halogenated alkanes) is 1. The van der Waals surface area contributed by atoms with Gasteiger partial charge in [-0.1, -0.05) is 31.0 Å². The number of carbonyl (C=O) groups excluding carboxylic acids is 1. The number of aryl methyl sites for hydroxylation is 2. The van der Waals surface area contributed by atoms with Crippen LogP contribution in [-0.4, -0.2) is 15.7 Å². The molecule has 0 atom stereocenters. The molecule has 2 aromatic rings. The number of nitrogens with zero attached hydrogens (tertiary/aromatic N) is 2. The summed E-state index contributed by atoms with van der Waals surface area (Å²) in [5.41, 5.74) is 1.53. The molecule has 0 spiro atoms. The SMILES string of the molecule is CCCCn1nc(C(=O)Nc2cc(Cl)ccc2C)ccc1=O. The topological polar surface area (TPSA) is 64.0 Å². The maximum Gasteiger partial charge on any atom is 0.276 e. The molecule has 22 heavy (non-hydrogen) atoms. The van der Waals surface area contributed by atoms with E-state index in [2.05, 4.69) is 10.4 Å². The number of halogens is 1. The minimum atomic E-state index is -0.365. The monoisotopic (exact) mass is 319 g/mol. The van der Waals surface area contributed by atoms with E-state index in [-0.39, 0.29) is 17.2 Å². The zero-order chi connectivity index (χ0) is 16.1. The smallest absolute Gasteiger partial charge is 0.276 e. The molecule has 0 unspecified atom stereocenters. The molecule has 1 amide bonds. The summed E-state index contributed by atoms with van der Waals surface area (Å²) in [7, 11) is 0. The molecule has 5 nitrogen and oxygen atoms in total. The summed E-state index contributed by atoms with van der Waals surface area (Å²) in [6, 6.07) is 8.06. The van der Waals surface area contributed by atoms with E-state index in [1.54, 1.807) is 12.1 Å². The highest BCUT2D eigenvalue weighted by Crippen LogP contribution is 2.20. The predicted octanol–water partition coefficient (Wildman–Crippen LogP) is 3.26. The van der Waals surface area contributed by atoms with Gasteiger partial charge < -0.3 is 5.32 Å². The first-order valence-electron chi connectivity index (χ1n) is 7.17. The van der Waals surface area contributed by atoms with Crippen molar-refractivity contribution in [3.63, 3.8) is 0 Å². The average molecular weight is 320 g/mol. The number of amides is 1. The van der Waals surface area contributed by atoms with Gasteiger partial charge in [0.15, 0.2) is 0 Å². The lowest BCUT2D eigenvalue weighted by Gasteiger charge is -2.09. The van der Waals surface area contributed by atoms with Crippen molar-refractivity contribution in [2.75, 3.05) is 5.32 Å². The summed E-state index contributed by atoms with van der Waals surface area (Å²) < 4.78 is 1.32. The normalized spacial score (nSPS) is 10.5. The summed E-state index contributed by atoms with van der Waals surface area (Å²) >= 11 is 5.94. The predicted molar refractivity (Wildman–Crippen MR) is 87.5 cm³/mol. The molecule has 2 rings (SSSR count). The van der Waals surface area contributed by atoms with Crippen LogP contribution in [0.1, 0.15) is 35.8 Å². The second-order valence-electron chi connectivity index (χ2n) is 5.05. The van der Waals surface area contributed by atoms with Gasteiger partial charge in [-0.25, -0.2) is 4.68 Å². The maximum absolute atomic E-state index is 12.3. The molecule has 1 heterocycles. The lowest BCUT2D eigenvalue weighted by atomic mass is 10.2. The second-order valence-corrected chi connectivity index (χ2v) is 5.48. The van der Waals surface area contributed by atoms with Crippen LogP contribution in [0.5, 0.6) is 0 Å². The molecular weight excluding hydrogens is 302 g/mol. The number of nitrogens with one attached hydrogen (secondary N) is 1. The zero-order valence-electron chi connectivity index (χ0n) is 12.6. The van der Waals surface area contributed by atoms with Crippen LogP contribution in [-0.2, 0) is 6.54 Å². The Bertz CT molecular complexity index is 740. The second kappa shape index (κ2) is 7.22. The van der Waals surface area contributed by atoms with Crippen LogP contribution in [0.4, 0.5) is 5.69 Å². The Labute approximate surface area is 133 Å². The third-order valence-electron chi connectivity index (χ3n) is 3.27. The Balaban J connectivity index is 2.22. The van der Waals surface area contributed by atoms with Gasteiger partial charge in [0, 0.05) is 23.3 Å². The molecule has 1 aromatic carbocycles. The molecule has 0 saturated heterocycles. The van der Waals surface area contributed by atoms with E-state index in [0.29, 0.717) is 17.3 Å². The van der Waals surface area contributed by atoms with Crippen LogP contribution in [0.15, 0.2) is 35.1 Å². The Morgan fingerprint density at radius 3 is 2.82 bits per heavy atom. The first kappa shape index (κ1) is 16.2. The van der Waals surface area contributed by atoms with Crippen LogP contribution >= 0.6 is 11.6 Å². The molecule has 0 saturated carbocycles. The number of benzene rings is 1. The molecule has 0 aliphatic rings. The van der Waals surface area contributed by atoms with Crippen molar-refractivity contribution in [3.8, 4) is 0 Å². The van der Waals surface area contributed by atoms with Crippen molar-refractivity contribution in [2.24, 2.45) is 0 Å². The Morgan fingerprint density at radius 1 is 1.32 bits per heavy atom. The van der Waals surface area contributed by atoms with E-state index in [1.807, 2.05) is 19.9 Å². The Kier molecular flexibility index (Phi) is 5.33. The van der Waals surface area contributed by atoms with Gasteiger partial charge in [0.1, 0.15) is 5.69 Å². The van der Waals surface area contributed by atoms with Crippen LogP contribution in [0.3, 0.4) is 0 Å². The molecule has 0 aliphatic heterocycles. The summed E-state index contributed by atoms with van der Waals surface area (Å²) in [4.78, 5) is 24.0. The Hall–Kier alpha value is -2.14. The van der Waals surface area contributed by atoms with Crippen molar-refractivity contribution < 1.29 is 4.79 Å². The number of rotatable bonds is 5. The molecule has 0 fully saturated rings. The minimum absolute atomic E-state index is 0.204. The maximum atomic E-state index is 12.3. The fourth-order valence-corrected chi connectivity index (χ4v) is 2.13. The first-order chi connectivity index (χ1) is 10.5. The third-order valence-corrected chi connectivity index (χ3v) is 3.51. The third kappa shape index (κ3) is 3.95. The zero-order valence-corrected chi connectivity index (χ0v) is 13.4. The van der Waals surface area contributed by atoms with Gasteiger partial charge >= 0.3 is 0 Å². The van der Waals surface area contributed by atoms with Gasteiger partial charge in [-0.3, -0.25) is 9.59 Å². The van der Waals surface area contributed by atoms with Crippen molar-refractivity contribution in [2.45, 2.75) is 33.2 Å². The van der Waals surface area contributed by atoms with Crippen molar-refractivity contribution in [1.29, 1.82) is 0 Å². The fourth-order valence-electron chi connectivity index (χ4n) is 1.95. The number of anilines is 1. The lowest BCUT2D eigenvalue weighted by molar-refractivity contribution is 0.101. The quantitative estimate of drug-likeness (QED) is 0.920. The number of hydrogen-bond donors (Lipinski definition) is 1. The molecule has 0 aliphatic carbocycles. The van der Waals surface area contributed by atoms with E-state index in [1.165, 1.54) is 16.8 Å². The number of aromatic nitrogens is 2. The summed E-state index contributed by atoms with van der Waals surface area (Å²) in [6.45, 7) is 4.41. The van der Waals surface area contributed by atoms with Gasteiger partial charge in [-0.2, -0.15) is 5.10 Å². The van der Waals surface area contributed by atoms with Crippen molar-refractivity contribution in [3.05, 3.63) is 57.0 Å². The van der Waals surface area contributed by atoms with Gasteiger partial charge in [-0.05, 0) is 37.1 Å². The van der Waals surface area contributed by atoms with Gasteiger partial charge in [0.2, 0.25) is 0 Å². The van der Waals surface area contributed by atoms with Crippen LogP contribution in [0.2, 0.25) is 5.02 Å². The molecule has 116 valence electrons. The largest absolute Gasteiger partial charge is 0.320 e. The highest BCUT2D eigenvalue weighted by molar-refractivity contribution is 6.31. The van der Waals surface area contributed by atoms with E-state index in [0.717, 1.165) is 18.4 Å². The minimum Gasteiger partial charge on any atom is -0.320 e. The van der Waals surface area contributed by atoms with E-state index >= 15 is 0 Å². The molecular formula is C16H18ClN3O2. The standard InChI is InChI=1S/C16H18ClN3O2/c1-3-4-9-20-15(21)8-7-13(19-20)16(22)18-14-10-12(17)6-5-11(14)2/h5-8,10H,3-4,9H2,1-2H3,(H,18,22). The highest BCUT2D eigenvalue weighted by Gasteiger charge is 2.11. The molecule has 0 radical (unpaired) electrons. The van der Waals surface area contributed by atoms with Gasteiger partial charge in [0.25, 0.3) is 11.5 Å². The molecule has 1 aromatic heterocycles. The molecule has 1 N–H and O–H groups in total. The van der Waals surface area contributed by atoms with E-state index in [9.17, 15) is 9.59 Å². The summed E-state index contributed by atoms with van der Waals surface area (Å²) in [6.07, 6.45) is 1.79. The van der Waals surface area contributed by atoms with Gasteiger partial charge in [0.05, 0.1) is 0 Å². The van der Waals surface area contributed by atoms with Crippen LogP contribution in [0.25, 0.3) is 0 Å². The summed E-state index contributed by atoms with van der Waals surface area (Å²) in [5.74, 6) is -0.365. The van der Waals surface area contributed by atoms with Crippen LogP contribution in [0, 0.1) is 6.92 Å². The Morgan fingerprint density at radius 2 is 2.09 bits per heavy atom. The van der Waals surface area contributed by atoms with E-state index in [4.69, 9.17) is 11.6 Å². The lowest BCUT2D eigenvalue weighted by Crippen LogP contribution is -2.26. The molecule has 6 heteroatoms. The van der Waals surface area contributed by atoms with E-state index < -0.39 is 0 Å². The van der Waals surface area contributed by atoms with Crippen molar-refractivity contribution in [1.82, 2.24) is 9.78 Å². The number of carbonyl (C=O) groups is 1. The van der Waals surface area contributed by atoms with Gasteiger partial charge in [-0.15, -0.1) is 0 Å². The fraction of sp³-hybridized carbons (Fsp3) is 0.312. The van der Waals surface area contributed by atoms with Crippen molar-refractivity contribution >= 4 is 23.2 Å². The first-order valence-corrected chi connectivity index (χ1v) is 7.54. The highest BCUT2D eigenvalue weighted by atomic mass is 35.5. The summed E-state index contributed by atoms with van der Waals surface area (Å²) in [5, 5.41) is 7.43. The molecule has 0 bridgehead atoms. The number of hydrogen-bond acceptors (Lipinski definition) is 3. The average Bonchev–Trinajstić information content (AvgIpc) is 2.50. The van der Waals surface area contributed by atoms with Crippen LogP contribution < -0.4 is 10.9 Å².